The van der Waals surface area contributed by atoms with Crippen LogP contribution in [0.1, 0.15) is 45.9 Å². The molecule has 15 heteroatoms. The number of thiazole rings is 2. The number of carbonyl (C=O) groups is 1. The predicted molar refractivity (Wildman–Crippen MR) is 175 cm³/mol. The summed E-state index contributed by atoms with van der Waals surface area (Å²) in [5, 5.41) is 18.2. The zero-order chi connectivity index (χ0) is 33.2. The molecule has 1 fully saturated rings. The van der Waals surface area contributed by atoms with Crippen molar-refractivity contribution in [3.8, 4) is 11.5 Å². The van der Waals surface area contributed by atoms with Crippen molar-refractivity contribution in [1.82, 2.24) is 20.2 Å². The van der Waals surface area contributed by atoms with Gasteiger partial charge in [-0.15, -0.1) is 22.7 Å². The fraction of sp³-hybridized carbons (Fsp3) is 0.387. The second kappa shape index (κ2) is 17.2. The summed E-state index contributed by atoms with van der Waals surface area (Å²) in [6.07, 6.45) is 0.366. The molecule has 0 radical (unpaired) electrons. The summed E-state index contributed by atoms with van der Waals surface area (Å²) >= 11 is 15.1. The van der Waals surface area contributed by atoms with Crippen LogP contribution >= 0.6 is 45.9 Å². The Bertz CT molecular complexity index is 1580. The number of halogens is 4. The SMILES string of the molecule is CCC1CNCCN1C(=O)OCc1c(F)cc(OCc2csc(C)n2)cc1Cl.Cc1nc(COc2cc(F)c(CO)c(Cl)c2)cs1. The van der Waals surface area contributed by atoms with Gasteiger partial charge in [0.15, 0.2) is 0 Å². The van der Waals surface area contributed by atoms with E-state index in [4.69, 9.17) is 42.5 Å². The normalized spacial score (nSPS) is 14.4. The Labute approximate surface area is 284 Å². The molecule has 1 unspecified atom stereocenters. The van der Waals surface area contributed by atoms with Crippen LogP contribution in [-0.4, -0.2) is 51.7 Å². The fourth-order valence-corrected chi connectivity index (χ4v) is 6.17. The molecule has 1 aliphatic heterocycles. The minimum Gasteiger partial charge on any atom is -0.487 e. The first kappa shape index (κ1) is 35.8. The molecule has 2 aromatic carbocycles. The molecule has 4 aromatic rings. The first-order valence-corrected chi connectivity index (χ1v) is 16.9. The summed E-state index contributed by atoms with van der Waals surface area (Å²) < 4.78 is 44.3. The molecule has 9 nitrogen and oxygen atoms in total. The summed E-state index contributed by atoms with van der Waals surface area (Å²) in [4.78, 5) is 22.6. The highest BCUT2D eigenvalue weighted by atomic mass is 35.5. The van der Waals surface area contributed by atoms with Crippen molar-refractivity contribution >= 4 is 52.0 Å². The van der Waals surface area contributed by atoms with Crippen LogP contribution in [-0.2, 0) is 31.2 Å². The highest BCUT2D eigenvalue weighted by Gasteiger charge is 2.27. The summed E-state index contributed by atoms with van der Waals surface area (Å²) in [6, 6.07) is 5.53. The number of ether oxygens (including phenoxy) is 3. The van der Waals surface area contributed by atoms with E-state index in [0.29, 0.717) is 24.6 Å². The third kappa shape index (κ3) is 9.96. The van der Waals surface area contributed by atoms with Crippen molar-refractivity contribution in [2.75, 3.05) is 19.6 Å². The van der Waals surface area contributed by atoms with Gasteiger partial charge in [0, 0.05) is 59.7 Å². The molecule has 2 N–H and O–H groups in total. The minimum absolute atomic E-state index is 0.0756. The van der Waals surface area contributed by atoms with Crippen molar-refractivity contribution in [3.63, 3.8) is 0 Å². The Hall–Kier alpha value is -3.07. The third-order valence-electron chi connectivity index (χ3n) is 6.89. The number of rotatable bonds is 10. The molecule has 0 aliphatic carbocycles. The largest absolute Gasteiger partial charge is 0.487 e. The molecule has 3 heterocycles. The Morgan fingerprint density at radius 1 is 0.957 bits per heavy atom. The smallest absolute Gasteiger partial charge is 0.410 e. The monoisotopic (exact) mass is 714 g/mol. The predicted octanol–water partition coefficient (Wildman–Crippen LogP) is 7.46. The Morgan fingerprint density at radius 3 is 1.96 bits per heavy atom. The van der Waals surface area contributed by atoms with E-state index in [-0.39, 0.29) is 47.0 Å². The minimum atomic E-state index is -0.575. The molecule has 1 amide bonds. The molecule has 2 aromatic heterocycles. The first-order valence-electron chi connectivity index (χ1n) is 14.4. The van der Waals surface area contributed by atoms with E-state index < -0.39 is 24.3 Å². The highest BCUT2D eigenvalue weighted by molar-refractivity contribution is 7.09. The number of aryl methyl sites for hydroxylation is 2. The summed E-state index contributed by atoms with van der Waals surface area (Å²) in [5.74, 6) is -0.525. The number of piperazine rings is 1. The molecule has 5 rings (SSSR count). The lowest BCUT2D eigenvalue weighted by Crippen LogP contribution is -2.53. The van der Waals surface area contributed by atoms with Gasteiger partial charge in [0.1, 0.15) is 43.0 Å². The number of nitrogens with zero attached hydrogens (tertiary/aromatic N) is 3. The Balaban J connectivity index is 0.000000230. The molecular weight excluding hydrogens is 681 g/mol. The quantitative estimate of drug-likeness (QED) is 0.174. The molecule has 0 bridgehead atoms. The molecular formula is C31H34Cl2F2N4O5S2. The van der Waals surface area contributed by atoms with Crippen LogP contribution in [0.2, 0.25) is 10.0 Å². The average Bonchev–Trinajstić information content (AvgIpc) is 3.65. The van der Waals surface area contributed by atoms with Gasteiger partial charge in [0.05, 0.1) is 38.1 Å². The fourth-order valence-electron chi connectivity index (χ4n) is 4.46. The van der Waals surface area contributed by atoms with E-state index in [2.05, 4.69) is 15.3 Å². The Morgan fingerprint density at radius 2 is 1.50 bits per heavy atom. The number of aromatic nitrogens is 2. The second-order valence-corrected chi connectivity index (χ2v) is 13.1. The maximum atomic E-state index is 14.5. The van der Waals surface area contributed by atoms with Crippen molar-refractivity contribution < 1.29 is 32.9 Å². The maximum Gasteiger partial charge on any atom is 0.410 e. The Kier molecular flexibility index (Phi) is 13.4. The van der Waals surface area contributed by atoms with Crippen LogP contribution in [0.5, 0.6) is 11.5 Å². The number of aliphatic hydroxyl groups excluding tert-OH is 1. The lowest BCUT2D eigenvalue weighted by atomic mass is 10.1. The zero-order valence-electron chi connectivity index (χ0n) is 25.4. The average molecular weight is 716 g/mol. The highest BCUT2D eigenvalue weighted by Crippen LogP contribution is 2.28. The van der Waals surface area contributed by atoms with E-state index in [0.717, 1.165) is 34.4 Å². The maximum absolute atomic E-state index is 14.5. The van der Waals surface area contributed by atoms with Crippen molar-refractivity contribution in [2.24, 2.45) is 0 Å². The number of hydrogen-bond donors (Lipinski definition) is 2. The molecule has 248 valence electrons. The van der Waals surface area contributed by atoms with Crippen molar-refractivity contribution in [1.29, 1.82) is 0 Å². The van der Waals surface area contributed by atoms with Crippen molar-refractivity contribution in [2.45, 2.75) is 59.7 Å². The summed E-state index contributed by atoms with van der Waals surface area (Å²) in [5.41, 5.74) is 1.78. The first-order chi connectivity index (χ1) is 22.1. The van der Waals surface area contributed by atoms with Gasteiger partial charge in [0.2, 0.25) is 0 Å². The van der Waals surface area contributed by atoms with E-state index in [1.54, 1.807) is 4.90 Å². The van der Waals surface area contributed by atoms with E-state index in [9.17, 15) is 13.6 Å². The summed E-state index contributed by atoms with van der Waals surface area (Å²) in [7, 11) is 0. The number of amides is 1. The van der Waals surface area contributed by atoms with Crippen LogP contribution in [0.4, 0.5) is 13.6 Å². The van der Waals surface area contributed by atoms with Crippen LogP contribution in [0.3, 0.4) is 0 Å². The van der Waals surface area contributed by atoms with Crippen LogP contribution in [0, 0.1) is 25.5 Å². The number of nitrogens with one attached hydrogen (secondary N) is 1. The number of aliphatic hydroxyl groups is 1. The number of carbonyl (C=O) groups excluding carboxylic acids is 1. The van der Waals surface area contributed by atoms with E-state index >= 15 is 0 Å². The van der Waals surface area contributed by atoms with Gasteiger partial charge in [-0.2, -0.15) is 0 Å². The van der Waals surface area contributed by atoms with Crippen LogP contribution < -0.4 is 14.8 Å². The number of benzene rings is 2. The molecule has 0 spiro atoms. The van der Waals surface area contributed by atoms with Gasteiger partial charge in [-0.1, -0.05) is 30.1 Å². The van der Waals surface area contributed by atoms with Gasteiger partial charge < -0.3 is 29.5 Å². The van der Waals surface area contributed by atoms with Crippen LogP contribution in [0.25, 0.3) is 0 Å². The van der Waals surface area contributed by atoms with Crippen molar-refractivity contribution in [3.05, 3.63) is 89.2 Å². The molecule has 1 atom stereocenters. The summed E-state index contributed by atoms with van der Waals surface area (Å²) in [6.45, 7) is 7.66. The van der Waals surface area contributed by atoms with Gasteiger partial charge >= 0.3 is 6.09 Å². The molecule has 1 saturated heterocycles. The standard InChI is InChI=1S/C19H23ClFN3O3S.C12H11ClFNO2S/c1-3-14-8-22-4-5-24(14)19(25)27-10-16-17(20)6-15(7-18(16)21)26-9-13-11-28-12(2)23-13;1-7-15-8(6-18-7)5-17-9-2-11(13)10(4-16)12(14)3-9/h6-7,11,14,22H,3-5,8-10H2,1-2H3;2-3,6,16H,4-5H2,1H3. The zero-order valence-corrected chi connectivity index (χ0v) is 28.6. The van der Waals surface area contributed by atoms with E-state index in [1.165, 1.54) is 46.9 Å². The van der Waals surface area contributed by atoms with Gasteiger partial charge in [0.25, 0.3) is 0 Å². The second-order valence-electron chi connectivity index (χ2n) is 10.2. The topological polar surface area (TPSA) is 106 Å². The van der Waals surface area contributed by atoms with Crippen LogP contribution in [0.15, 0.2) is 35.0 Å². The van der Waals surface area contributed by atoms with E-state index in [1.807, 2.05) is 31.5 Å². The van der Waals surface area contributed by atoms with Gasteiger partial charge in [-0.3, -0.25) is 0 Å². The van der Waals surface area contributed by atoms with Gasteiger partial charge in [-0.05, 0) is 32.4 Å². The third-order valence-corrected chi connectivity index (χ3v) is 9.21. The van der Waals surface area contributed by atoms with Gasteiger partial charge in [-0.25, -0.2) is 23.5 Å². The molecule has 1 aliphatic rings. The number of hydrogen-bond acceptors (Lipinski definition) is 10. The molecule has 46 heavy (non-hydrogen) atoms. The lowest BCUT2D eigenvalue weighted by molar-refractivity contribution is 0.0707. The lowest BCUT2D eigenvalue weighted by Gasteiger charge is -2.34. The molecule has 0 saturated carbocycles.